The van der Waals surface area contributed by atoms with E-state index in [0.717, 1.165) is 37.6 Å². The molecule has 21 heavy (non-hydrogen) atoms. The zero-order chi connectivity index (χ0) is 15.7. The molecule has 4 N–H and O–H groups in total. The van der Waals surface area contributed by atoms with Gasteiger partial charge in [-0.05, 0) is 32.0 Å². The first kappa shape index (κ1) is 17.8. The van der Waals surface area contributed by atoms with Crippen LogP contribution in [-0.4, -0.2) is 43.5 Å². The van der Waals surface area contributed by atoms with Crippen molar-refractivity contribution in [2.45, 2.75) is 33.6 Å². The van der Waals surface area contributed by atoms with Gasteiger partial charge in [-0.25, -0.2) is 0 Å². The molecule has 6 heteroatoms. The number of hydrogen-bond donors (Lipinski definition) is 3. The molecular weight excluding hydrogens is 284 g/mol. The minimum absolute atomic E-state index is 0.0754. The van der Waals surface area contributed by atoms with Crippen LogP contribution in [0, 0.1) is 0 Å². The first-order valence-corrected chi connectivity index (χ1v) is 8.57. The quantitative estimate of drug-likeness (QED) is 0.621. The minimum atomic E-state index is -0.0754. The Bertz CT molecular complexity index is 433. The van der Waals surface area contributed by atoms with E-state index >= 15 is 0 Å². The van der Waals surface area contributed by atoms with Crippen LogP contribution in [0.4, 0.5) is 10.7 Å². The van der Waals surface area contributed by atoms with Gasteiger partial charge in [0.2, 0.25) is 0 Å². The number of anilines is 2. The van der Waals surface area contributed by atoms with Crippen molar-refractivity contribution in [3.63, 3.8) is 0 Å². The van der Waals surface area contributed by atoms with Gasteiger partial charge in [0.1, 0.15) is 4.88 Å². The van der Waals surface area contributed by atoms with E-state index in [0.29, 0.717) is 17.1 Å². The molecule has 0 saturated carbocycles. The largest absolute Gasteiger partial charge is 0.397 e. The number of nitrogens with zero attached hydrogens (tertiary/aromatic N) is 1. The summed E-state index contributed by atoms with van der Waals surface area (Å²) in [5, 5.41) is 7.18. The number of amides is 1. The van der Waals surface area contributed by atoms with E-state index in [2.05, 4.69) is 29.4 Å². The lowest BCUT2D eigenvalue weighted by atomic mass is 10.3. The fourth-order valence-corrected chi connectivity index (χ4v) is 2.99. The van der Waals surface area contributed by atoms with E-state index < -0.39 is 0 Å². The van der Waals surface area contributed by atoms with Crippen molar-refractivity contribution in [2.75, 3.05) is 43.8 Å². The smallest absolute Gasteiger partial charge is 0.263 e. The van der Waals surface area contributed by atoms with Gasteiger partial charge < -0.3 is 21.3 Å². The second kappa shape index (κ2) is 9.63. The summed E-state index contributed by atoms with van der Waals surface area (Å²) in [7, 11) is 0. The molecule has 120 valence electrons. The monoisotopic (exact) mass is 312 g/mol. The number of nitrogen functional groups attached to an aromatic ring is 1. The third-order valence-electron chi connectivity index (χ3n) is 3.22. The molecule has 0 fully saturated rings. The molecule has 5 nitrogen and oxygen atoms in total. The lowest BCUT2D eigenvalue weighted by Gasteiger charge is -2.19. The summed E-state index contributed by atoms with van der Waals surface area (Å²) in [5.41, 5.74) is 6.47. The molecule has 1 aromatic rings. The number of rotatable bonds is 10. The van der Waals surface area contributed by atoms with Gasteiger partial charge in [-0.3, -0.25) is 4.79 Å². The summed E-state index contributed by atoms with van der Waals surface area (Å²) in [6, 6.07) is 1.85. The predicted molar refractivity (Wildman–Crippen MR) is 92.3 cm³/mol. The highest BCUT2D eigenvalue weighted by Crippen LogP contribution is 2.28. The number of carbonyl (C=O) groups excluding carboxylic acids is 1. The van der Waals surface area contributed by atoms with Gasteiger partial charge in [-0.1, -0.05) is 20.8 Å². The van der Waals surface area contributed by atoms with Crippen LogP contribution in [0.2, 0.25) is 0 Å². The Balaban J connectivity index is 2.48. The molecule has 0 aliphatic heterocycles. The Labute approximate surface area is 131 Å². The zero-order valence-corrected chi connectivity index (χ0v) is 14.2. The topological polar surface area (TPSA) is 70.4 Å². The Hall–Kier alpha value is -1.27. The second-order valence-corrected chi connectivity index (χ2v) is 6.06. The van der Waals surface area contributed by atoms with Crippen LogP contribution in [0.25, 0.3) is 0 Å². The highest BCUT2D eigenvalue weighted by molar-refractivity contribution is 7.18. The Morgan fingerprint density at radius 1 is 1.24 bits per heavy atom. The van der Waals surface area contributed by atoms with Gasteiger partial charge in [0.05, 0.1) is 10.7 Å². The zero-order valence-electron chi connectivity index (χ0n) is 13.4. The molecule has 0 spiro atoms. The van der Waals surface area contributed by atoms with Crippen LogP contribution in [0.5, 0.6) is 0 Å². The lowest BCUT2D eigenvalue weighted by Crippen LogP contribution is -2.29. The van der Waals surface area contributed by atoms with Crippen LogP contribution in [0.3, 0.4) is 0 Å². The van der Waals surface area contributed by atoms with Crippen LogP contribution in [0.1, 0.15) is 43.3 Å². The molecule has 0 atom stereocenters. The number of thiophene rings is 1. The molecule has 0 unspecified atom stereocenters. The summed E-state index contributed by atoms with van der Waals surface area (Å²) in [6.45, 7) is 11.1. The van der Waals surface area contributed by atoms with E-state index in [1.807, 2.05) is 13.0 Å². The lowest BCUT2D eigenvalue weighted by molar-refractivity contribution is 0.0958. The van der Waals surface area contributed by atoms with Gasteiger partial charge in [-0.15, -0.1) is 11.3 Å². The van der Waals surface area contributed by atoms with Gasteiger partial charge >= 0.3 is 0 Å². The molecule has 1 rings (SSSR count). The Morgan fingerprint density at radius 2 is 2.00 bits per heavy atom. The normalized spacial score (nSPS) is 10.9. The highest BCUT2D eigenvalue weighted by atomic mass is 32.1. The summed E-state index contributed by atoms with van der Waals surface area (Å²) < 4.78 is 0. The average Bonchev–Trinajstić information content (AvgIpc) is 2.84. The minimum Gasteiger partial charge on any atom is -0.397 e. The standard InChI is InChI=1S/C15H28N4OS/c1-4-7-18-15(20)14-12(16)11-13(21-14)17-8-10-19(6-3)9-5-2/h11,17H,4-10,16H2,1-3H3,(H,18,20). The van der Waals surface area contributed by atoms with Gasteiger partial charge in [0.25, 0.3) is 5.91 Å². The third kappa shape index (κ3) is 5.93. The molecule has 0 aromatic carbocycles. The Kier molecular flexibility index (Phi) is 8.15. The summed E-state index contributed by atoms with van der Waals surface area (Å²) in [5.74, 6) is -0.0754. The molecule has 0 radical (unpaired) electrons. The van der Waals surface area contributed by atoms with E-state index in [9.17, 15) is 4.79 Å². The number of nitrogens with one attached hydrogen (secondary N) is 2. The molecule has 1 amide bonds. The second-order valence-electron chi connectivity index (χ2n) is 5.01. The van der Waals surface area contributed by atoms with Crippen LogP contribution < -0.4 is 16.4 Å². The van der Waals surface area contributed by atoms with E-state index in [1.54, 1.807) is 0 Å². The summed E-state index contributed by atoms with van der Waals surface area (Å²) >= 11 is 1.42. The first-order valence-electron chi connectivity index (χ1n) is 7.76. The molecule has 0 saturated heterocycles. The van der Waals surface area contributed by atoms with Crippen molar-refractivity contribution in [1.82, 2.24) is 10.2 Å². The maximum Gasteiger partial charge on any atom is 0.263 e. The van der Waals surface area contributed by atoms with Crippen molar-refractivity contribution in [3.05, 3.63) is 10.9 Å². The van der Waals surface area contributed by atoms with E-state index in [4.69, 9.17) is 5.73 Å². The molecule has 1 heterocycles. The van der Waals surface area contributed by atoms with Crippen LogP contribution >= 0.6 is 11.3 Å². The fraction of sp³-hybridized carbons (Fsp3) is 0.667. The summed E-state index contributed by atoms with van der Waals surface area (Å²) in [6.07, 6.45) is 2.09. The number of likely N-dealkylation sites (N-methyl/N-ethyl adjacent to an activating group) is 1. The van der Waals surface area contributed by atoms with Gasteiger partial charge in [-0.2, -0.15) is 0 Å². The van der Waals surface area contributed by atoms with E-state index in [1.165, 1.54) is 17.8 Å². The number of carbonyl (C=O) groups is 1. The van der Waals surface area contributed by atoms with Crippen molar-refractivity contribution in [2.24, 2.45) is 0 Å². The van der Waals surface area contributed by atoms with Crippen LogP contribution in [0.15, 0.2) is 6.07 Å². The first-order chi connectivity index (χ1) is 10.1. The summed E-state index contributed by atoms with van der Waals surface area (Å²) in [4.78, 5) is 14.9. The van der Waals surface area contributed by atoms with Crippen molar-refractivity contribution in [3.8, 4) is 0 Å². The van der Waals surface area contributed by atoms with E-state index in [-0.39, 0.29) is 5.91 Å². The van der Waals surface area contributed by atoms with Crippen molar-refractivity contribution >= 4 is 27.9 Å². The predicted octanol–water partition coefficient (Wildman–Crippen LogP) is 2.61. The van der Waals surface area contributed by atoms with Crippen LogP contribution in [-0.2, 0) is 0 Å². The third-order valence-corrected chi connectivity index (χ3v) is 4.32. The SMILES string of the molecule is CCCNC(=O)c1sc(NCCN(CC)CCC)cc1N. The van der Waals surface area contributed by atoms with Gasteiger partial charge in [0.15, 0.2) is 0 Å². The van der Waals surface area contributed by atoms with Crippen molar-refractivity contribution < 1.29 is 4.79 Å². The fourth-order valence-electron chi connectivity index (χ4n) is 2.07. The number of nitrogens with two attached hydrogens (primary N) is 1. The maximum absolute atomic E-state index is 11.9. The van der Waals surface area contributed by atoms with Gasteiger partial charge in [0, 0.05) is 19.6 Å². The molecular formula is C15H28N4OS. The Morgan fingerprint density at radius 3 is 2.62 bits per heavy atom. The molecule has 1 aromatic heterocycles. The highest BCUT2D eigenvalue weighted by Gasteiger charge is 2.13. The number of hydrogen-bond acceptors (Lipinski definition) is 5. The van der Waals surface area contributed by atoms with Crippen molar-refractivity contribution in [1.29, 1.82) is 0 Å². The average molecular weight is 312 g/mol. The molecule has 0 aliphatic rings. The maximum atomic E-state index is 11.9. The molecule has 0 bridgehead atoms. The molecule has 0 aliphatic carbocycles.